The van der Waals surface area contributed by atoms with E-state index in [4.69, 9.17) is 4.74 Å². The summed E-state index contributed by atoms with van der Waals surface area (Å²) in [5, 5.41) is 0. The fraction of sp³-hybridized carbons (Fsp3) is 0.350. The summed E-state index contributed by atoms with van der Waals surface area (Å²) in [4.78, 5) is 15.0. The summed E-state index contributed by atoms with van der Waals surface area (Å²) in [6.45, 7) is 0.610. The Morgan fingerprint density at radius 1 is 0.957 bits per heavy atom. The highest BCUT2D eigenvalue weighted by atomic mass is 16.5. The number of amides is 1. The number of carbonyl (C=O) groups is 1. The van der Waals surface area contributed by atoms with Gasteiger partial charge >= 0.3 is 0 Å². The van der Waals surface area contributed by atoms with E-state index >= 15 is 0 Å². The fourth-order valence-electron chi connectivity index (χ4n) is 3.78. The molecule has 2 heterocycles. The minimum atomic E-state index is -0.0419. The monoisotopic (exact) mass is 307 g/mol. The summed E-state index contributed by atoms with van der Waals surface area (Å²) in [7, 11) is 0. The zero-order valence-electron chi connectivity index (χ0n) is 13.1. The van der Waals surface area contributed by atoms with Crippen molar-refractivity contribution in [3.8, 4) is 0 Å². The van der Waals surface area contributed by atoms with Gasteiger partial charge in [0, 0.05) is 5.92 Å². The van der Waals surface area contributed by atoms with Crippen LogP contribution in [0, 0.1) is 5.92 Å². The number of rotatable bonds is 3. The van der Waals surface area contributed by atoms with Crippen LogP contribution in [0.15, 0.2) is 60.7 Å². The maximum absolute atomic E-state index is 13.0. The first-order chi connectivity index (χ1) is 11.3. The number of carbonyl (C=O) groups excluding carboxylic acids is 1. The van der Waals surface area contributed by atoms with Crippen molar-refractivity contribution >= 4 is 5.91 Å². The van der Waals surface area contributed by atoms with Gasteiger partial charge in [0.05, 0.1) is 12.6 Å². The first-order valence-corrected chi connectivity index (χ1v) is 8.35. The first kappa shape index (κ1) is 14.5. The predicted molar refractivity (Wildman–Crippen MR) is 88.6 cm³/mol. The molecule has 3 heteroatoms. The molecule has 0 spiro atoms. The summed E-state index contributed by atoms with van der Waals surface area (Å²) in [6, 6.07) is 20.6. The van der Waals surface area contributed by atoms with Crippen LogP contribution in [0.25, 0.3) is 0 Å². The summed E-state index contributed by atoms with van der Waals surface area (Å²) < 4.78 is 5.90. The molecule has 118 valence electrons. The number of hydrogen-bond donors (Lipinski definition) is 0. The molecular formula is C20H21NO2. The van der Waals surface area contributed by atoms with Gasteiger partial charge in [-0.3, -0.25) is 4.79 Å². The van der Waals surface area contributed by atoms with Gasteiger partial charge in [0.25, 0.3) is 0 Å². The Bertz CT molecular complexity index is 671. The molecule has 2 aliphatic rings. The van der Waals surface area contributed by atoms with E-state index in [0.717, 1.165) is 19.3 Å². The molecule has 0 unspecified atom stereocenters. The Morgan fingerprint density at radius 3 is 2.39 bits per heavy atom. The highest BCUT2D eigenvalue weighted by Gasteiger charge is 2.44. The van der Waals surface area contributed by atoms with Crippen molar-refractivity contribution in [1.29, 1.82) is 0 Å². The topological polar surface area (TPSA) is 29.5 Å². The van der Waals surface area contributed by atoms with Gasteiger partial charge in [-0.05, 0) is 30.4 Å². The maximum Gasteiger partial charge on any atom is 0.228 e. The molecule has 0 aliphatic carbocycles. The molecule has 2 saturated heterocycles. The van der Waals surface area contributed by atoms with Crippen LogP contribution < -0.4 is 0 Å². The molecular weight excluding hydrogens is 286 g/mol. The van der Waals surface area contributed by atoms with Gasteiger partial charge in [-0.1, -0.05) is 60.7 Å². The molecule has 3 nitrogen and oxygen atoms in total. The zero-order valence-corrected chi connectivity index (χ0v) is 13.1. The van der Waals surface area contributed by atoms with Crippen molar-refractivity contribution < 1.29 is 9.53 Å². The number of hydrogen-bond acceptors (Lipinski definition) is 2. The minimum Gasteiger partial charge on any atom is -0.356 e. The molecule has 0 N–H and O–H groups in total. The SMILES string of the molecule is O=C1[C@H](Cc2ccccc2)CC[C@H]2OC[C@@H](c3ccccc3)N12. The van der Waals surface area contributed by atoms with Gasteiger partial charge in [-0.15, -0.1) is 0 Å². The van der Waals surface area contributed by atoms with Crippen molar-refractivity contribution in [1.82, 2.24) is 4.90 Å². The molecule has 0 aromatic heterocycles. The lowest BCUT2D eigenvalue weighted by molar-refractivity contribution is -0.148. The van der Waals surface area contributed by atoms with Gasteiger partial charge in [0.15, 0.2) is 0 Å². The van der Waals surface area contributed by atoms with E-state index in [1.807, 2.05) is 41.3 Å². The van der Waals surface area contributed by atoms with Crippen molar-refractivity contribution in [2.45, 2.75) is 31.5 Å². The smallest absolute Gasteiger partial charge is 0.228 e. The zero-order chi connectivity index (χ0) is 15.6. The molecule has 2 aromatic rings. The summed E-state index contributed by atoms with van der Waals surface area (Å²) in [5.74, 6) is 0.318. The van der Waals surface area contributed by atoms with E-state index in [0.29, 0.717) is 6.61 Å². The number of piperidine rings is 1. The molecule has 3 atom stereocenters. The Labute approximate surface area is 136 Å². The summed E-state index contributed by atoms with van der Waals surface area (Å²) >= 11 is 0. The fourth-order valence-corrected chi connectivity index (χ4v) is 3.78. The molecule has 0 saturated carbocycles. The Balaban J connectivity index is 1.55. The summed E-state index contributed by atoms with van der Waals surface area (Å²) in [6.07, 6.45) is 2.63. The Kier molecular flexibility index (Phi) is 3.88. The molecule has 2 fully saturated rings. The van der Waals surface area contributed by atoms with Crippen LogP contribution in [0.5, 0.6) is 0 Å². The van der Waals surface area contributed by atoms with Crippen LogP contribution in [-0.2, 0) is 16.0 Å². The Hall–Kier alpha value is -2.13. The third-order valence-electron chi connectivity index (χ3n) is 4.97. The van der Waals surface area contributed by atoms with Crippen molar-refractivity contribution in [3.05, 3.63) is 71.8 Å². The third-order valence-corrected chi connectivity index (χ3v) is 4.97. The number of nitrogens with zero attached hydrogens (tertiary/aromatic N) is 1. The molecule has 23 heavy (non-hydrogen) atoms. The van der Waals surface area contributed by atoms with Gasteiger partial charge < -0.3 is 9.64 Å². The second kappa shape index (κ2) is 6.17. The van der Waals surface area contributed by atoms with Crippen LogP contribution in [0.4, 0.5) is 0 Å². The van der Waals surface area contributed by atoms with Crippen molar-refractivity contribution in [2.24, 2.45) is 5.92 Å². The summed E-state index contributed by atoms with van der Waals surface area (Å²) in [5.41, 5.74) is 2.41. The van der Waals surface area contributed by atoms with Crippen LogP contribution in [-0.4, -0.2) is 23.6 Å². The lowest BCUT2D eigenvalue weighted by atomic mass is 9.89. The van der Waals surface area contributed by atoms with E-state index in [9.17, 15) is 4.79 Å². The standard InChI is InChI=1S/C20H21NO2/c22-20-17(13-15-7-3-1-4-8-15)11-12-19-21(20)18(14-23-19)16-9-5-2-6-10-16/h1-10,17-19H,11-14H2/t17-,18-,19+/m0/s1. The second-order valence-corrected chi connectivity index (χ2v) is 6.42. The van der Waals surface area contributed by atoms with Crippen LogP contribution in [0.3, 0.4) is 0 Å². The molecule has 0 bridgehead atoms. The van der Waals surface area contributed by atoms with Gasteiger partial charge in [-0.25, -0.2) is 0 Å². The molecule has 4 rings (SSSR count). The second-order valence-electron chi connectivity index (χ2n) is 6.42. The molecule has 2 aliphatic heterocycles. The van der Waals surface area contributed by atoms with E-state index in [1.54, 1.807) is 0 Å². The van der Waals surface area contributed by atoms with Crippen molar-refractivity contribution in [3.63, 3.8) is 0 Å². The largest absolute Gasteiger partial charge is 0.356 e. The van der Waals surface area contributed by atoms with Crippen molar-refractivity contribution in [2.75, 3.05) is 6.61 Å². The van der Waals surface area contributed by atoms with Crippen LogP contribution in [0.1, 0.15) is 30.0 Å². The average molecular weight is 307 g/mol. The average Bonchev–Trinajstić information content (AvgIpc) is 3.04. The number of benzene rings is 2. The van der Waals surface area contributed by atoms with E-state index in [1.165, 1.54) is 11.1 Å². The minimum absolute atomic E-state index is 0.0419. The highest BCUT2D eigenvalue weighted by molar-refractivity contribution is 5.81. The van der Waals surface area contributed by atoms with Crippen LogP contribution in [0.2, 0.25) is 0 Å². The maximum atomic E-state index is 13.0. The predicted octanol–water partition coefficient (Wildman–Crippen LogP) is 3.57. The Morgan fingerprint density at radius 2 is 1.65 bits per heavy atom. The van der Waals surface area contributed by atoms with Gasteiger partial charge in [0.2, 0.25) is 5.91 Å². The molecule has 0 radical (unpaired) electrons. The lowest BCUT2D eigenvalue weighted by Crippen LogP contribution is -2.46. The molecule has 2 aromatic carbocycles. The number of ether oxygens (including phenoxy) is 1. The van der Waals surface area contributed by atoms with Gasteiger partial charge in [0.1, 0.15) is 6.23 Å². The molecule has 1 amide bonds. The van der Waals surface area contributed by atoms with E-state index < -0.39 is 0 Å². The van der Waals surface area contributed by atoms with E-state index in [2.05, 4.69) is 24.3 Å². The normalized spacial score (nSPS) is 27.0. The quantitative estimate of drug-likeness (QED) is 0.867. The highest BCUT2D eigenvalue weighted by Crippen LogP contribution is 2.38. The lowest BCUT2D eigenvalue weighted by Gasteiger charge is -2.36. The number of fused-ring (bicyclic) bond motifs is 1. The van der Waals surface area contributed by atoms with E-state index in [-0.39, 0.29) is 24.1 Å². The van der Waals surface area contributed by atoms with Crippen LogP contribution >= 0.6 is 0 Å². The van der Waals surface area contributed by atoms with Gasteiger partial charge in [-0.2, -0.15) is 0 Å². The third kappa shape index (κ3) is 2.77. The first-order valence-electron chi connectivity index (χ1n) is 8.35.